The van der Waals surface area contributed by atoms with Crippen LogP contribution in [0.5, 0.6) is 0 Å². The summed E-state index contributed by atoms with van der Waals surface area (Å²) in [7, 11) is 3.77. The number of carbonyl (C=O) groups is 1. The Hall–Kier alpha value is -1.40. The fraction of sp³-hybridized carbons (Fsp3) is 0.733. The lowest BCUT2D eigenvalue weighted by molar-refractivity contribution is 0.0324. The summed E-state index contributed by atoms with van der Waals surface area (Å²) >= 11 is 0. The molecule has 1 unspecified atom stereocenters. The van der Waals surface area contributed by atoms with Crippen LogP contribution in [-0.2, 0) is 6.54 Å². The van der Waals surface area contributed by atoms with Gasteiger partial charge in [0.05, 0.1) is 11.3 Å². The van der Waals surface area contributed by atoms with Gasteiger partial charge in [0.1, 0.15) is 5.69 Å². The maximum Gasteiger partial charge on any atom is 0.269 e. The average molecular weight is 296 g/mol. The summed E-state index contributed by atoms with van der Waals surface area (Å²) in [6, 6.07) is 1.82. The van der Waals surface area contributed by atoms with Crippen LogP contribution < -0.4 is 5.32 Å². The molecule has 1 aromatic rings. The molecular formula is C15H28N4O2. The smallest absolute Gasteiger partial charge is 0.269 e. The predicted octanol–water partition coefficient (Wildman–Crippen LogP) is 1.07. The second kappa shape index (κ2) is 7.04. The van der Waals surface area contributed by atoms with Crippen molar-refractivity contribution in [3.8, 4) is 0 Å². The number of carbonyl (C=O) groups excluding carboxylic acids is 1. The molecule has 0 saturated heterocycles. The van der Waals surface area contributed by atoms with Crippen LogP contribution in [0.25, 0.3) is 0 Å². The highest BCUT2D eigenvalue weighted by atomic mass is 16.3. The van der Waals surface area contributed by atoms with Crippen molar-refractivity contribution in [2.45, 2.75) is 45.8 Å². The minimum Gasteiger partial charge on any atom is -0.387 e. The highest BCUT2D eigenvalue weighted by Crippen LogP contribution is 2.14. The van der Waals surface area contributed by atoms with Gasteiger partial charge in [-0.2, -0.15) is 5.10 Å². The van der Waals surface area contributed by atoms with Crippen molar-refractivity contribution >= 4 is 5.91 Å². The van der Waals surface area contributed by atoms with Crippen molar-refractivity contribution in [2.75, 3.05) is 27.2 Å². The van der Waals surface area contributed by atoms with Crippen molar-refractivity contribution in [1.29, 1.82) is 0 Å². The topological polar surface area (TPSA) is 70.4 Å². The van der Waals surface area contributed by atoms with Gasteiger partial charge < -0.3 is 15.3 Å². The standard InChI is InChI=1S/C15H28N4O2/c1-7-19-13(8-12(17-19)11(2)3)14(20)16-9-15(4,21)10-18(5)6/h8,11,21H,7,9-10H2,1-6H3,(H,16,20). The second-order valence-electron chi connectivity index (χ2n) is 6.34. The highest BCUT2D eigenvalue weighted by molar-refractivity contribution is 5.92. The van der Waals surface area contributed by atoms with E-state index in [2.05, 4.69) is 10.4 Å². The molecule has 0 radical (unpaired) electrons. The van der Waals surface area contributed by atoms with Crippen LogP contribution in [0, 0.1) is 0 Å². The summed E-state index contributed by atoms with van der Waals surface area (Å²) in [6.45, 7) is 9.09. The van der Waals surface area contributed by atoms with Crippen LogP contribution in [0.1, 0.15) is 49.8 Å². The summed E-state index contributed by atoms with van der Waals surface area (Å²) in [6.07, 6.45) is 0. The van der Waals surface area contributed by atoms with Crippen LogP contribution >= 0.6 is 0 Å². The SMILES string of the molecule is CCn1nc(C(C)C)cc1C(=O)NCC(C)(O)CN(C)C. The van der Waals surface area contributed by atoms with Gasteiger partial charge in [0, 0.05) is 19.6 Å². The first-order valence-electron chi connectivity index (χ1n) is 7.39. The van der Waals surface area contributed by atoms with E-state index in [-0.39, 0.29) is 18.4 Å². The van der Waals surface area contributed by atoms with Gasteiger partial charge in [-0.05, 0) is 39.9 Å². The van der Waals surface area contributed by atoms with E-state index in [1.807, 2.05) is 45.8 Å². The van der Waals surface area contributed by atoms with E-state index in [4.69, 9.17) is 0 Å². The Kier molecular flexibility index (Phi) is 5.92. The van der Waals surface area contributed by atoms with Crippen molar-refractivity contribution in [2.24, 2.45) is 0 Å². The van der Waals surface area contributed by atoms with Crippen LogP contribution in [0.2, 0.25) is 0 Å². The van der Waals surface area contributed by atoms with Gasteiger partial charge >= 0.3 is 0 Å². The zero-order valence-electron chi connectivity index (χ0n) is 14.0. The molecule has 1 atom stereocenters. The molecule has 6 nitrogen and oxygen atoms in total. The average Bonchev–Trinajstić information content (AvgIpc) is 2.78. The highest BCUT2D eigenvalue weighted by Gasteiger charge is 2.24. The van der Waals surface area contributed by atoms with E-state index in [0.29, 0.717) is 18.8 Å². The summed E-state index contributed by atoms with van der Waals surface area (Å²) in [5, 5.41) is 17.4. The number of hydrogen-bond donors (Lipinski definition) is 2. The molecule has 0 bridgehead atoms. The number of nitrogens with one attached hydrogen (secondary N) is 1. The summed E-state index contributed by atoms with van der Waals surface area (Å²) in [5.74, 6) is 0.0801. The third kappa shape index (κ3) is 5.13. The number of aryl methyl sites for hydroxylation is 1. The Bertz CT molecular complexity index is 478. The fourth-order valence-electron chi connectivity index (χ4n) is 2.24. The molecular weight excluding hydrogens is 268 g/mol. The second-order valence-corrected chi connectivity index (χ2v) is 6.34. The van der Waals surface area contributed by atoms with E-state index in [9.17, 15) is 9.90 Å². The molecule has 0 aromatic carbocycles. The molecule has 1 rings (SSSR count). The zero-order chi connectivity index (χ0) is 16.2. The van der Waals surface area contributed by atoms with E-state index >= 15 is 0 Å². The predicted molar refractivity (Wildman–Crippen MR) is 83.5 cm³/mol. The molecule has 1 aromatic heterocycles. The third-order valence-electron chi connectivity index (χ3n) is 3.21. The van der Waals surface area contributed by atoms with Crippen molar-refractivity contribution in [3.63, 3.8) is 0 Å². The number of nitrogens with zero attached hydrogens (tertiary/aromatic N) is 3. The van der Waals surface area contributed by atoms with E-state index in [1.165, 1.54) is 0 Å². The quantitative estimate of drug-likeness (QED) is 0.789. The first-order chi connectivity index (χ1) is 9.66. The van der Waals surface area contributed by atoms with Gasteiger partial charge in [-0.3, -0.25) is 9.48 Å². The molecule has 6 heteroatoms. The van der Waals surface area contributed by atoms with Crippen molar-refractivity contribution in [1.82, 2.24) is 20.0 Å². The van der Waals surface area contributed by atoms with Crippen LogP contribution in [0.15, 0.2) is 6.07 Å². The Morgan fingerprint density at radius 1 is 1.52 bits per heavy atom. The molecule has 120 valence electrons. The van der Waals surface area contributed by atoms with E-state index in [0.717, 1.165) is 5.69 Å². The van der Waals surface area contributed by atoms with Gasteiger partial charge in [0.2, 0.25) is 0 Å². The van der Waals surface area contributed by atoms with Crippen LogP contribution in [-0.4, -0.2) is 58.5 Å². The lowest BCUT2D eigenvalue weighted by atomic mass is 10.1. The van der Waals surface area contributed by atoms with Gasteiger partial charge in [-0.1, -0.05) is 13.8 Å². The van der Waals surface area contributed by atoms with Gasteiger partial charge in [0.15, 0.2) is 0 Å². The number of aliphatic hydroxyl groups is 1. The minimum atomic E-state index is -0.961. The monoisotopic (exact) mass is 296 g/mol. The third-order valence-corrected chi connectivity index (χ3v) is 3.21. The molecule has 0 fully saturated rings. The summed E-state index contributed by atoms with van der Waals surface area (Å²) < 4.78 is 1.70. The zero-order valence-corrected chi connectivity index (χ0v) is 14.0. The lowest BCUT2D eigenvalue weighted by Crippen LogP contribution is -2.47. The lowest BCUT2D eigenvalue weighted by Gasteiger charge is -2.27. The molecule has 0 saturated carbocycles. The Morgan fingerprint density at radius 3 is 2.62 bits per heavy atom. The first-order valence-corrected chi connectivity index (χ1v) is 7.39. The van der Waals surface area contributed by atoms with Crippen LogP contribution in [0.3, 0.4) is 0 Å². The van der Waals surface area contributed by atoms with Crippen molar-refractivity contribution in [3.05, 3.63) is 17.5 Å². The van der Waals surface area contributed by atoms with Gasteiger partial charge in [0.25, 0.3) is 5.91 Å². The molecule has 0 aliphatic carbocycles. The minimum absolute atomic E-state index is 0.199. The molecule has 2 N–H and O–H groups in total. The molecule has 1 heterocycles. The normalized spacial score (nSPS) is 14.5. The number of likely N-dealkylation sites (N-methyl/N-ethyl adjacent to an activating group) is 1. The van der Waals surface area contributed by atoms with E-state index in [1.54, 1.807) is 11.6 Å². The number of rotatable bonds is 7. The first kappa shape index (κ1) is 17.7. The molecule has 1 amide bonds. The number of amides is 1. The molecule has 0 aliphatic rings. The number of aromatic nitrogens is 2. The van der Waals surface area contributed by atoms with Gasteiger partial charge in [-0.15, -0.1) is 0 Å². The maximum absolute atomic E-state index is 12.3. The number of hydrogen-bond acceptors (Lipinski definition) is 4. The Balaban J connectivity index is 2.76. The molecule has 21 heavy (non-hydrogen) atoms. The summed E-state index contributed by atoms with van der Waals surface area (Å²) in [4.78, 5) is 14.2. The Labute approximate surface area is 127 Å². The summed E-state index contributed by atoms with van der Waals surface area (Å²) in [5.41, 5.74) is 0.487. The molecule has 0 aliphatic heterocycles. The Morgan fingerprint density at radius 2 is 2.14 bits per heavy atom. The molecule has 0 spiro atoms. The van der Waals surface area contributed by atoms with Crippen LogP contribution in [0.4, 0.5) is 0 Å². The van der Waals surface area contributed by atoms with E-state index < -0.39 is 5.60 Å². The van der Waals surface area contributed by atoms with Gasteiger partial charge in [-0.25, -0.2) is 0 Å². The largest absolute Gasteiger partial charge is 0.387 e. The maximum atomic E-state index is 12.3. The van der Waals surface area contributed by atoms with Crippen molar-refractivity contribution < 1.29 is 9.90 Å². The fourth-order valence-corrected chi connectivity index (χ4v) is 2.24.